The highest BCUT2D eigenvalue weighted by atomic mass is 32.2. The molecule has 1 aromatic rings. The van der Waals surface area contributed by atoms with Gasteiger partial charge in [0.25, 0.3) is 0 Å². The molecule has 2 rings (SSSR count). The minimum atomic E-state index is -0.242. The van der Waals surface area contributed by atoms with Gasteiger partial charge in [0.2, 0.25) is 5.16 Å². The van der Waals surface area contributed by atoms with E-state index < -0.39 is 0 Å². The zero-order valence-corrected chi connectivity index (χ0v) is 11.2. The summed E-state index contributed by atoms with van der Waals surface area (Å²) in [5.41, 5.74) is 0. The smallest absolute Gasteiger partial charge is 0.316 e. The van der Waals surface area contributed by atoms with Crippen LogP contribution in [0.15, 0.2) is 5.16 Å². The second kappa shape index (κ2) is 6.69. The van der Waals surface area contributed by atoms with Gasteiger partial charge >= 0.3 is 5.97 Å². The van der Waals surface area contributed by atoms with Crippen molar-refractivity contribution in [3.8, 4) is 0 Å². The summed E-state index contributed by atoms with van der Waals surface area (Å²) in [5, 5.41) is 15.5. The lowest BCUT2D eigenvalue weighted by atomic mass is 10.6. The number of thioether (sulfide) groups is 1. The van der Waals surface area contributed by atoms with Crippen LogP contribution >= 0.6 is 11.8 Å². The van der Waals surface area contributed by atoms with Crippen molar-refractivity contribution in [1.82, 2.24) is 25.5 Å². The lowest BCUT2D eigenvalue weighted by Crippen LogP contribution is -2.22. The fourth-order valence-corrected chi connectivity index (χ4v) is 2.13. The molecule has 1 aliphatic rings. The number of carbonyl (C=O) groups excluding carboxylic acids is 1. The number of carbonyl (C=O) groups is 1. The molecule has 0 unspecified atom stereocenters. The Morgan fingerprint density at radius 3 is 3.17 bits per heavy atom. The van der Waals surface area contributed by atoms with Crippen LogP contribution in [0.1, 0.15) is 19.8 Å². The van der Waals surface area contributed by atoms with E-state index in [2.05, 4.69) is 20.8 Å². The Hall–Kier alpha value is -1.15. The quantitative estimate of drug-likeness (QED) is 0.529. The van der Waals surface area contributed by atoms with Gasteiger partial charge in [-0.1, -0.05) is 11.8 Å². The van der Waals surface area contributed by atoms with Crippen molar-refractivity contribution >= 4 is 17.7 Å². The average molecular weight is 271 g/mol. The maximum atomic E-state index is 11.2. The monoisotopic (exact) mass is 271 g/mol. The largest absolute Gasteiger partial charge is 0.465 e. The van der Waals surface area contributed by atoms with Gasteiger partial charge < -0.3 is 10.1 Å². The number of rotatable bonds is 8. The third-order valence-electron chi connectivity index (χ3n) is 2.46. The second-order valence-electron chi connectivity index (χ2n) is 4.01. The molecule has 1 heterocycles. The summed E-state index contributed by atoms with van der Waals surface area (Å²) in [5.74, 6) is -0.00210. The fraction of sp³-hybridized carbons (Fsp3) is 0.800. The van der Waals surface area contributed by atoms with Crippen molar-refractivity contribution in [3.63, 3.8) is 0 Å². The first-order valence-electron chi connectivity index (χ1n) is 6.07. The number of hydrogen-bond acceptors (Lipinski definition) is 7. The van der Waals surface area contributed by atoms with Gasteiger partial charge in [-0.3, -0.25) is 4.79 Å². The minimum Gasteiger partial charge on any atom is -0.465 e. The molecule has 0 aliphatic heterocycles. The zero-order valence-electron chi connectivity index (χ0n) is 10.3. The van der Waals surface area contributed by atoms with Crippen LogP contribution < -0.4 is 5.32 Å². The molecule has 18 heavy (non-hydrogen) atoms. The van der Waals surface area contributed by atoms with E-state index in [9.17, 15) is 4.79 Å². The summed E-state index contributed by atoms with van der Waals surface area (Å²) in [6, 6.07) is 0.678. The number of hydrogen-bond donors (Lipinski definition) is 1. The van der Waals surface area contributed by atoms with Gasteiger partial charge in [0.05, 0.1) is 18.9 Å². The maximum Gasteiger partial charge on any atom is 0.316 e. The molecule has 1 saturated carbocycles. The van der Waals surface area contributed by atoms with Crippen molar-refractivity contribution in [2.24, 2.45) is 0 Å². The first-order valence-corrected chi connectivity index (χ1v) is 7.06. The molecule has 0 radical (unpaired) electrons. The van der Waals surface area contributed by atoms with Gasteiger partial charge in [-0.15, -0.1) is 5.10 Å². The van der Waals surface area contributed by atoms with E-state index in [4.69, 9.17) is 4.74 Å². The molecule has 0 atom stereocenters. The number of esters is 1. The van der Waals surface area contributed by atoms with E-state index in [1.165, 1.54) is 24.6 Å². The van der Waals surface area contributed by atoms with E-state index in [0.717, 1.165) is 6.54 Å². The van der Waals surface area contributed by atoms with E-state index in [0.29, 0.717) is 24.3 Å². The standard InChI is InChI=1S/C10H17N5O2S/c1-2-17-9(16)7-18-10-12-13-14-15(10)6-5-11-8-3-4-8/h8,11H,2-7H2,1H3. The van der Waals surface area contributed by atoms with Crippen LogP contribution in [0.3, 0.4) is 0 Å². The van der Waals surface area contributed by atoms with Crippen molar-refractivity contribution in [3.05, 3.63) is 0 Å². The average Bonchev–Trinajstić information content (AvgIpc) is 3.06. The third kappa shape index (κ3) is 4.26. The van der Waals surface area contributed by atoms with Crippen LogP contribution in [-0.4, -0.2) is 51.1 Å². The Morgan fingerprint density at radius 2 is 2.44 bits per heavy atom. The highest BCUT2D eigenvalue weighted by molar-refractivity contribution is 7.99. The van der Waals surface area contributed by atoms with Crippen molar-refractivity contribution < 1.29 is 9.53 Å². The molecule has 1 aliphatic carbocycles. The summed E-state index contributed by atoms with van der Waals surface area (Å²) in [6.07, 6.45) is 2.53. The van der Waals surface area contributed by atoms with Crippen LogP contribution in [0, 0.1) is 0 Å². The molecule has 0 amide bonds. The number of ether oxygens (including phenoxy) is 1. The molecule has 0 saturated heterocycles. The number of aromatic nitrogens is 4. The number of nitrogens with zero attached hydrogens (tertiary/aromatic N) is 4. The Bertz CT molecular complexity index is 393. The summed E-state index contributed by atoms with van der Waals surface area (Å²) in [4.78, 5) is 11.2. The van der Waals surface area contributed by atoms with Gasteiger partial charge in [-0.25, -0.2) is 4.68 Å². The van der Waals surface area contributed by atoms with Gasteiger partial charge in [0.1, 0.15) is 0 Å². The van der Waals surface area contributed by atoms with Crippen molar-refractivity contribution in [2.75, 3.05) is 18.9 Å². The van der Waals surface area contributed by atoms with E-state index in [1.54, 1.807) is 11.6 Å². The molecule has 1 aromatic heterocycles. The van der Waals surface area contributed by atoms with Crippen LogP contribution in [0.5, 0.6) is 0 Å². The number of nitrogens with one attached hydrogen (secondary N) is 1. The van der Waals surface area contributed by atoms with Crippen LogP contribution in [0.4, 0.5) is 0 Å². The van der Waals surface area contributed by atoms with Gasteiger partial charge in [0.15, 0.2) is 0 Å². The highest BCUT2D eigenvalue weighted by Crippen LogP contribution is 2.18. The van der Waals surface area contributed by atoms with Crippen molar-refractivity contribution in [1.29, 1.82) is 0 Å². The number of tetrazole rings is 1. The van der Waals surface area contributed by atoms with Gasteiger partial charge in [-0.05, 0) is 30.2 Å². The molecular formula is C10H17N5O2S. The molecule has 0 aromatic carbocycles. The first-order chi connectivity index (χ1) is 8.79. The van der Waals surface area contributed by atoms with E-state index >= 15 is 0 Å². The summed E-state index contributed by atoms with van der Waals surface area (Å²) < 4.78 is 6.56. The van der Waals surface area contributed by atoms with Crippen LogP contribution in [0.2, 0.25) is 0 Å². The lowest BCUT2D eigenvalue weighted by Gasteiger charge is -2.05. The predicted molar refractivity (Wildman–Crippen MR) is 66.2 cm³/mol. The lowest BCUT2D eigenvalue weighted by molar-refractivity contribution is -0.139. The summed E-state index contributed by atoms with van der Waals surface area (Å²) >= 11 is 1.30. The molecule has 1 fully saturated rings. The Balaban J connectivity index is 1.73. The summed E-state index contributed by atoms with van der Waals surface area (Å²) in [7, 11) is 0. The third-order valence-corrected chi connectivity index (χ3v) is 3.39. The predicted octanol–water partition coefficient (Wildman–Crippen LogP) is 0.0803. The first kappa shape index (κ1) is 13.3. The maximum absolute atomic E-state index is 11.2. The Morgan fingerprint density at radius 1 is 1.61 bits per heavy atom. The minimum absolute atomic E-state index is 0.240. The van der Waals surface area contributed by atoms with E-state index in [1.807, 2.05) is 0 Å². The summed E-state index contributed by atoms with van der Waals surface area (Å²) in [6.45, 7) is 3.75. The SMILES string of the molecule is CCOC(=O)CSc1nnnn1CCNC1CC1. The molecule has 1 N–H and O–H groups in total. The Labute approximate surface area is 110 Å². The normalized spacial score (nSPS) is 14.7. The van der Waals surface area contributed by atoms with Crippen LogP contribution in [-0.2, 0) is 16.1 Å². The molecular weight excluding hydrogens is 254 g/mol. The molecule has 8 heteroatoms. The van der Waals surface area contributed by atoms with Crippen molar-refractivity contribution in [2.45, 2.75) is 37.5 Å². The molecule has 0 spiro atoms. The topological polar surface area (TPSA) is 81.9 Å². The second-order valence-corrected chi connectivity index (χ2v) is 4.95. The highest BCUT2D eigenvalue weighted by Gasteiger charge is 2.20. The molecule has 0 bridgehead atoms. The Kier molecular flexibility index (Phi) is 4.94. The molecule has 100 valence electrons. The zero-order chi connectivity index (χ0) is 12.8. The van der Waals surface area contributed by atoms with E-state index in [-0.39, 0.29) is 11.7 Å². The fourth-order valence-electron chi connectivity index (χ4n) is 1.43. The van der Waals surface area contributed by atoms with Gasteiger partial charge in [-0.2, -0.15) is 0 Å². The molecule has 7 nitrogen and oxygen atoms in total. The van der Waals surface area contributed by atoms with Crippen LogP contribution in [0.25, 0.3) is 0 Å². The van der Waals surface area contributed by atoms with Gasteiger partial charge in [0, 0.05) is 12.6 Å².